The van der Waals surface area contributed by atoms with E-state index in [0.717, 1.165) is 48.6 Å². The third-order valence-corrected chi connectivity index (χ3v) is 5.00. The minimum Gasteiger partial charge on any atom is -0.497 e. The van der Waals surface area contributed by atoms with Crippen LogP contribution in [0.2, 0.25) is 0 Å². The van der Waals surface area contributed by atoms with Gasteiger partial charge in [-0.3, -0.25) is 0 Å². The largest absolute Gasteiger partial charge is 0.497 e. The SMILES string of the molecule is CCCCC(CC)CC(=Cc1ccc(OC)cc1)C(=O)O.O=C(O)C=Cc1ccccc1. The summed E-state index contributed by atoms with van der Waals surface area (Å²) < 4.78 is 5.11. The van der Waals surface area contributed by atoms with Gasteiger partial charge in [-0.25, -0.2) is 9.59 Å². The van der Waals surface area contributed by atoms with Crippen molar-refractivity contribution in [2.45, 2.75) is 46.0 Å². The van der Waals surface area contributed by atoms with Gasteiger partial charge in [0.25, 0.3) is 0 Å². The van der Waals surface area contributed by atoms with E-state index in [1.165, 1.54) is 0 Å². The summed E-state index contributed by atoms with van der Waals surface area (Å²) in [6.45, 7) is 4.30. The Morgan fingerprint density at radius 3 is 2.12 bits per heavy atom. The average Bonchev–Trinajstić information content (AvgIpc) is 2.81. The molecule has 2 aromatic rings. The maximum atomic E-state index is 11.5. The minimum absolute atomic E-state index is 0.450. The van der Waals surface area contributed by atoms with Crippen molar-refractivity contribution in [2.75, 3.05) is 7.11 Å². The number of carboxylic acid groups (broad SMARTS) is 2. The second-order valence-corrected chi connectivity index (χ2v) is 7.45. The van der Waals surface area contributed by atoms with Crippen molar-refractivity contribution in [3.8, 4) is 5.75 Å². The highest BCUT2D eigenvalue weighted by molar-refractivity contribution is 5.92. The van der Waals surface area contributed by atoms with Gasteiger partial charge in [0.2, 0.25) is 0 Å². The van der Waals surface area contributed by atoms with Crippen LogP contribution in [-0.2, 0) is 9.59 Å². The predicted octanol–water partition coefficient (Wildman–Crippen LogP) is 6.55. The van der Waals surface area contributed by atoms with E-state index in [-0.39, 0.29) is 0 Å². The Morgan fingerprint density at radius 1 is 0.969 bits per heavy atom. The molecule has 5 heteroatoms. The van der Waals surface area contributed by atoms with E-state index in [1.807, 2.05) is 54.6 Å². The molecule has 0 radical (unpaired) electrons. The van der Waals surface area contributed by atoms with Gasteiger partial charge in [-0.2, -0.15) is 0 Å². The number of ether oxygens (including phenoxy) is 1. The van der Waals surface area contributed by atoms with E-state index in [2.05, 4.69) is 13.8 Å². The monoisotopic (exact) mass is 438 g/mol. The maximum absolute atomic E-state index is 11.5. The van der Waals surface area contributed by atoms with E-state index >= 15 is 0 Å². The zero-order valence-corrected chi connectivity index (χ0v) is 19.2. The lowest BCUT2D eigenvalue weighted by Crippen LogP contribution is -2.08. The molecular weight excluding hydrogens is 404 g/mol. The van der Waals surface area contributed by atoms with Gasteiger partial charge in [-0.05, 0) is 47.8 Å². The van der Waals surface area contributed by atoms with Crippen LogP contribution in [0.15, 0.2) is 66.2 Å². The van der Waals surface area contributed by atoms with Crippen LogP contribution in [0, 0.1) is 5.92 Å². The molecule has 0 fully saturated rings. The Bertz CT molecular complexity index is 867. The number of hydrogen-bond donors (Lipinski definition) is 2. The minimum atomic E-state index is -0.922. The van der Waals surface area contributed by atoms with Gasteiger partial charge < -0.3 is 14.9 Å². The molecule has 2 aromatic carbocycles. The molecule has 2 N–H and O–H groups in total. The molecule has 2 rings (SSSR count). The van der Waals surface area contributed by atoms with Crippen LogP contribution in [-0.4, -0.2) is 29.3 Å². The molecule has 0 aliphatic heterocycles. The fraction of sp³-hybridized carbons (Fsp3) is 0.333. The molecule has 0 heterocycles. The summed E-state index contributed by atoms with van der Waals surface area (Å²) in [5.41, 5.74) is 2.29. The number of hydrogen-bond acceptors (Lipinski definition) is 3. The van der Waals surface area contributed by atoms with E-state index in [4.69, 9.17) is 9.84 Å². The molecule has 0 saturated heterocycles. The molecule has 5 nitrogen and oxygen atoms in total. The summed E-state index contributed by atoms with van der Waals surface area (Å²) in [5, 5.41) is 17.7. The Morgan fingerprint density at radius 2 is 1.62 bits per heavy atom. The van der Waals surface area contributed by atoms with Gasteiger partial charge in [0.15, 0.2) is 0 Å². The summed E-state index contributed by atoms with van der Waals surface area (Å²) in [5.74, 6) is -0.515. The highest BCUT2D eigenvalue weighted by Gasteiger charge is 2.14. The zero-order valence-electron chi connectivity index (χ0n) is 19.2. The normalized spacial score (nSPS) is 12.0. The van der Waals surface area contributed by atoms with Crippen LogP contribution in [0.4, 0.5) is 0 Å². The summed E-state index contributed by atoms with van der Waals surface area (Å²) in [6, 6.07) is 16.8. The van der Waals surface area contributed by atoms with Crippen molar-refractivity contribution in [3.63, 3.8) is 0 Å². The van der Waals surface area contributed by atoms with Crippen molar-refractivity contribution in [1.82, 2.24) is 0 Å². The quantitative estimate of drug-likeness (QED) is 0.388. The molecular formula is C27H34O5. The van der Waals surface area contributed by atoms with E-state index in [0.29, 0.717) is 17.9 Å². The highest BCUT2D eigenvalue weighted by Crippen LogP contribution is 2.23. The molecule has 32 heavy (non-hydrogen) atoms. The van der Waals surface area contributed by atoms with Crippen LogP contribution < -0.4 is 4.74 Å². The number of benzene rings is 2. The van der Waals surface area contributed by atoms with Crippen molar-refractivity contribution >= 4 is 24.1 Å². The first-order valence-electron chi connectivity index (χ1n) is 10.9. The number of carbonyl (C=O) groups is 2. The van der Waals surface area contributed by atoms with Crippen LogP contribution in [0.5, 0.6) is 5.75 Å². The zero-order chi connectivity index (χ0) is 23.8. The van der Waals surface area contributed by atoms with Crippen LogP contribution in [0.1, 0.15) is 57.1 Å². The number of methoxy groups -OCH3 is 1. The van der Waals surface area contributed by atoms with E-state index < -0.39 is 11.9 Å². The summed E-state index contributed by atoms with van der Waals surface area (Å²) in [6.07, 6.45) is 9.52. The fourth-order valence-electron chi connectivity index (χ4n) is 3.10. The molecule has 0 aliphatic rings. The lowest BCUT2D eigenvalue weighted by Gasteiger charge is -2.14. The second-order valence-electron chi connectivity index (χ2n) is 7.45. The molecule has 0 bridgehead atoms. The molecule has 0 amide bonds. The van der Waals surface area contributed by atoms with Crippen molar-refractivity contribution in [1.29, 1.82) is 0 Å². The van der Waals surface area contributed by atoms with Crippen LogP contribution >= 0.6 is 0 Å². The summed E-state index contributed by atoms with van der Waals surface area (Å²) in [4.78, 5) is 21.5. The average molecular weight is 439 g/mol. The maximum Gasteiger partial charge on any atom is 0.331 e. The van der Waals surface area contributed by atoms with Crippen molar-refractivity contribution in [3.05, 3.63) is 77.4 Å². The number of rotatable bonds is 11. The Labute approximate surface area is 191 Å². The van der Waals surface area contributed by atoms with Crippen LogP contribution in [0.25, 0.3) is 12.2 Å². The lowest BCUT2D eigenvalue weighted by atomic mass is 9.91. The number of carboxylic acids is 2. The standard InChI is InChI=1S/C18H26O3.C9H8O2/c1-4-6-7-14(5-2)12-16(18(19)20)13-15-8-10-17(21-3)11-9-15;10-9(11)7-6-8-4-2-1-3-5-8/h8-11,13-14H,4-7,12H2,1-3H3,(H,19,20);1-7H,(H,10,11). The molecule has 0 aromatic heterocycles. The molecule has 1 atom stereocenters. The van der Waals surface area contributed by atoms with Gasteiger partial charge in [-0.1, -0.05) is 82.0 Å². The fourth-order valence-corrected chi connectivity index (χ4v) is 3.10. The first kappa shape index (κ1) is 26.7. The topological polar surface area (TPSA) is 83.8 Å². The molecule has 0 saturated carbocycles. The summed E-state index contributed by atoms with van der Waals surface area (Å²) in [7, 11) is 1.62. The lowest BCUT2D eigenvalue weighted by molar-refractivity contribution is -0.133. The Balaban J connectivity index is 0.000000389. The highest BCUT2D eigenvalue weighted by atomic mass is 16.5. The third-order valence-electron chi connectivity index (χ3n) is 5.00. The van der Waals surface area contributed by atoms with Gasteiger partial charge >= 0.3 is 11.9 Å². The summed E-state index contributed by atoms with van der Waals surface area (Å²) >= 11 is 0. The van der Waals surface area contributed by atoms with Crippen LogP contribution in [0.3, 0.4) is 0 Å². The Hall–Kier alpha value is -3.34. The van der Waals surface area contributed by atoms with E-state index in [9.17, 15) is 14.7 Å². The predicted molar refractivity (Wildman–Crippen MR) is 130 cm³/mol. The molecule has 1 unspecified atom stereocenters. The second kappa shape index (κ2) is 15.5. The molecule has 0 aliphatic carbocycles. The number of unbranched alkanes of at least 4 members (excludes halogenated alkanes) is 1. The van der Waals surface area contributed by atoms with E-state index in [1.54, 1.807) is 19.3 Å². The molecule has 0 spiro atoms. The molecule has 172 valence electrons. The van der Waals surface area contributed by atoms with Gasteiger partial charge in [-0.15, -0.1) is 0 Å². The van der Waals surface area contributed by atoms with Crippen molar-refractivity contribution < 1.29 is 24.5 Å². The van der Waals surface area contributed by atoms with Gasteiger partial charge in [0, 0.05) is 11.6 Å². The third kappa shape index (κ3) is 11.2. The smallest absolute Gasteiger partial charge is 0.331 e. The first-order valence-corrected chi connectivity index (χ1v) is 10.9. The van der Waals surface area contributed by atoms with Gasteiger partial charge in [0.05, 0.1) is 7.11 Å². The number of aliphatic carboxylic acids is 2. The van der Waals surface area contributed by atoms with Crippen molar-refractivity contribution in [2.24, 2.45) is 5.92 Å². The first-order chi connectivity index (χ1) is 15.4. The van der Waals surface area contributed by atoms with Gasteiger partial charge in [0.1, 0.15) is 5.75 Å². The Kier molecular flexibility index (Phi) is 12.9.